The molecule has 1 atom stereocenters. The number of hydrogen-bond acceptors (Lipinski definition) is 6. The van der Waals surface area contributed by atoms with Crippen molar-refractivity contribution in [2.75, 3.05) is 53.0 Å². The van der Waals surface area contributed by atoms with Crippen LogP contribution in [0.4, 0.5) is 0 Å². The van der Waals surface area contributed by atoms with Gasteiger partial charge in [0.05, 0.1) is 46.2 Å². The van der Waals surface area contributed by atoms with E-state index < -0.39 is 0 Å². The van der Waals surface area contributed by atoms with E-state index in [1.807, 2.05) is 0 Å². The van der Waals surface area contributed by atoms with Gasteiger partial charge in [-0.1, -0.05) is 0 Å². The minimum atomic E-state index is -0.245. The molecule has 3 rings (SSSR count). The first-order valence-corrected chi connectivity index (χ1v) is 6.50. The standard InChI is InChI=1S/C12H20O6/c1-9(2-15-8-14-1)10-3-17-12(18-4-10)7-13-5-11-6-16-11/h9-12H,1-8H2. The summed E-state index contributed by atoms with van der Waals surface area (Å²) in [6, 6.07) is 0. The molecule has 3 aliphatic rings. The molecule has 6 heteroatoms. The lowest BCUT2D eigenvalue weighted by atomic mass is 9.94. The Kier molecular flexibility index (Phi) is 4.45. The minimum absolute atomic E-state index is 0.245. The predicted octanol–water partition coefficient (Wildman–Crippen LogP) is 0.0114. The third-order valence-corrected chi connectivity index (χ3v) is 3.45. The molecule has 3 aliphatic heterocycles. The number of ether oxygens (including phenoxy) is 6. The molecule has 0 saturated carbocycles. The smallest absolute Gasteiger partial charge is 0.180 e. The van der Waals surface area contributed by atoms with Crippen LogP contribution < -0.4 is 0 Å². The second-order valence-corrected chi connectivity index (χ2v) is 4.97. The van der Waals surface area contributed by atoms with Crippen LogP contribution in [0.1, 0.15) is 0 Å². The average Bonchev–Trinajstić information content (AvgIpc) is 3.25. The molecule has 104 valence electrons. The monoisotopic (exact) mass is 260 g/mol. The van der Waals surface area contributed by atoms with Crippen molar-refractivity contribution in [2.24, 2.45) is 11.8 Å². The summed E-state index contributed by atoms with van der Waals surface area (Å²) < 4.78 is 32.4. The van der Waals surface area contributed by atoms with E-state index >= 15 is 0 Å². The third kappa shape index (κ3) is 3.63. The van der Waals surface area contributed by atoms with Gasteiger partial charge in [0.15, 0.2) is 6.29 Å². The largest absolute Gasteiger partial charge is 0.373 e. The lowest BCUT2D eigenvalue weighted by Gasteiger charge is -2.35. The van der Waals surface area contributed by atoms with Crippen molar-refractivity contribution in [3.63, 3.8) is 0 Å². The van der Waals surface area contributed by atoms with Crippen molar-refractivity contribution in [1.29, 1.82) is 0 Å². The maximum atomic E-state index is 5.65. The Hall–Kier alpha value is -0.240. The van der Waals surface area contributed by atoms with Crippen LogP contribution in [-0.4, -0.2) is 65.4 Å². The van der Waals surface area contributed by atoms with Crippen LogP contribution in [-0.2, 0) is 28.4 Å². The first-order valence-electron chi connectivity index (χ1n) is 6.50. The zero-order valence-electron chi connectivity index (χ0n) is 10.4. The average molecular weight is 260 g/mol. The Labute approximate surface area is 106 Å². The van der Waals surface area contributed by atoms with E-state index in [4.69, 9.17) is 28.4 Å². The van der Waals surface area contributed by atoms with Crippen LogP contribution in [0.25, 0.3) is 0 Å². The highest BCUT2D eigenvalue weighted by atomic mass is 16.7. The van der Waals surface area contributed by atoms with Gasteiger partial charge < -0.3 is 28.4 Å². The van der Waals surface area contributed by atoms with Gasteiger partial charge in [-0.25, -0.2) is 0 Å². The second kappa shape index (κ2) is 6.27. The van der Waals surface area contributed by atoms with Gasteiger partial charge in [0, 0.05) is 11.8 Å². The molecule has 6 nitrogen and oxygen atoms in total. The topological polar surface area (TPSA) is 58.7 Å². The molecule has 0 amide bonds. The highest BCUT2D eigenvalue weighted by Crippen LogP contribution is 2.22. The lowest BCUT2D eigenvalue weighted by Crippen LogP contribution is -2.42. The van der Waals surface area contributed by atoms with Crippen LogP contribution in [0.5, 0.6) is 0 Å². The molecular weight excluding hydrogens is 240 g/mol. The first-order chi connectivity index (χ1) is 8.92. The molecule has 18 heavy (non-hydrogen) atoms. The molecule has 0 aromatic carbocycles. The molecule has 0 N–H and O–H groups in total. The minimum Gasteiger partial charge on any atom is -0.373 e. The predicted molar refractivity (Wildman–Crippen MR) is 60.0 cm³/mol. The molecule has 0 bridgehead atoms. The van der Waals surface area contributed by atoms with E-state index in [0.29, 0.717) is 45.1 Å². The molecule has 1 unspecified atom stereocenters. The highest BCUT2D eigenvalue weighted by Gasteiger charge is 2.31. The molecule has 0 spiro atoms. The molecule has 3 fully saturated rings. The molecule has 3 saturated heterocycles. The zero-order valence-corrected chi connectivity index (χ0v) is 10.4. The summed E-state index contributed by atoms with van der Waals surface area (Å²) >= 11 is 0. The second-order valence-electron chi connectivity index (χ2n) is 4.97. The van der Waals surface area contributed by atoms with Gasteiger partial charge in [-0.3, -0.25) is 0 Å². The van der Waals surface area contributed by atoms with Crippen molar-refractivity contribution in [3.8, 4) is 0 Å². The summed E-state index contributed by atoms with van der Waals surface area (Å²) in [5.41, 5.74) is 0. The van der Waals surface area contributed by atoms with Gasteiger partial charge in [0.25, 0.3) is 0 Å². The van der Waals surface area contributed by atoms with E-state index in [0.717, 1.165) is 19.8 Å². The quantitative estimate of drug-likeness (QED) is 0.649. The van der Waals surface area contributed by atoms with Crippen LogP contribution in [0.3, 0.4) is 0 Å². The number of epoxide rings is 1. The maximum absolute atomic E-state index is 5.65. The summed E-state index contributed by atoms with van der Waals surface area (Å²) in [6.07, 6.45) is 0.0447. The summed E-state index contributed by atoms with van der Waals surface area (Å²) in [5, 5.41) is 0. The lowest BCUT2D eigenvalue weighted by molar-refractivity contribution is -0.241. The summed E-state index contributed by atoms with van der Waals surface area (Å²) in [7, 11) is 0. The normalized spacial score (nSPS) is 37.7. The SMILES string of the molecule is C1OCC(C2COC(COCC3CO3)OC2)CO1. The van der Waals surface area contributed by atoms with Crippen molar-refractivity contribution < 1.29 is 28.4 Å². The third-order valence-electron chi connectivity index (χ3n) is 3.45. The number of hydrogen-bond donors (Lipinski definition) is 0. The molecule has 3 heterocycles. The fraction of sp³-hybridized carbons (Fsp3) is 1.00. The van der Waals surface area contributed by atoms with Gasteiger partial charge >= 0.3 is 0 Å². The van der Waals surface area contributed by atoms with Crippen LogP contribution >= 0.6 is 0 Å². The summed E-state index contributed by atoms with van der Waals surface area (Å²) in [5.74, 6) is 0.730. The van der Waals surface area contributed by atoms with E-state index in [1.165, 1.54) is 0 Å². The highest BCUT2D eigenvalue weighted by molar-refractivity contribution is 4.74. The summed E-state index contributed by atoms with van der Waals surface area (Å²) in [6.45, 7) is 5.17. The van der Waals surface area contributed by atoms with Crippen molar-refractivity contribution in [3.05, 3.63) is 0 Å². The Morgan fingerprint density at radius 1 is 0.778 bits per heavy atom. The first kappa shape index (κ1) is 12.8. The van der Waals surface area contributed by atoms with Crippen molar-refractivity contribution in [1.82, 2.24) is 0 Å². The van der Waals surface area contributed by atoms with Gasteiger partial charge in [0.1, 0.15) is 12.9 Å². The van der Waals surface area contributed by atoms with E-state index in [9.17, 15) is 0 Å². The molecule has 0 aromatic heterocycles. The molecular formula is C12H20O6. The van der Waals surface area contributed by atoms with Gasteiger partial charge in [-0.15, -0.1) is 0 Å². The van der Waals surface area contributed by atoms with Crippen molar-refractivity contribution in [2.45, 2.75) is 12.4 Å². The molecule has 0 aliphatic carbocycles. The fourth-order valence-electron chi connectivity index (χ4n) is 2.16. The van der Waals surface area contributed by atoms with Gasteiger partial charge in [0.2, 0.25) is 0 Å². The maximum Gasteiger partial charge on any atom is 0.180 e. The van der Waals surface area contributed by atoms with Crippen LogP contribution in [0.2, 0.25) is 0 Å². The van der Waals surface area contributed by atoms with Gasteiger partial charge in [-0.05, 0) is 0 Å². The Morgan fingerprint density at radius 3 is 2.11 bits per heavy atom. The summed E-state index contributed by atoms with van der Waals surface area (Å²) in [4.78, 5) is 0. The Balaban J connectivity index is 1.32. The van der Waals surface area contributed by atoms with E-state index in [1.54, 1.807) is 0 Å². The fourth-order valence-corrected chi connectivity index (χ4v) is 2.16. The number of rotatable bonds is 5. The van der Waals surface area contributed by atoms with Crippen LogP contribution in [0, 0.1) is 11.8 Å². The van der Waals surface area contributed by atoms with Crippen molar-refractivity contribution >= 4 is 0 Å². The van der Waals surface area contributed by atoms with E-state index in [2.05, 4.69) is 0 Å². The zero-order chi connectivity index (χ0) is 12.2. The van der Waals surface area contributed by atoms with Gasteiger partial charge in [-0.2, -0.15) is 0 Å². The molecule has 0 aromatic rings. The Bertz CT molecular complexity index is 243. The Morgan fingerprint density at radius 2 is 1.44 bits per heavy atom. The molecule has 0 radical (unpaired) electrons. The van der Waals surface area contributed by atoms with Crippen LogP contribution in [0.15, 0.2) is 0 Å². The van der Waals surface area contributed by atoms with E-state index in [-0.39, 0.29) is 12.4 Å².